The van der Waals surface area contributed by atoms with Gasteiger partial charge in [-0.3, -0.25) is 4.79 Å². The highest BCUT2D eigenvalue weighted by Gasteiger charge is 2.11. The number of carbonyl (C=O) groups excluding carboxylic acids is 1. The van der Waals surface area contributed by atoms with Gasteiger partial charge in [0.15, 0.2) is 0 Å². The molecule has 0 aliphatic rings. The number of carbonyl (C=O) groups is 1. The van der Waals surface area contributed by atoms with Crippen molar-refractivity contribution in [2.24, 2.45) is 0 Å². The summed E-state index contributed by atoms with van der Waals surface area (Å²) < 4.78 is 4.90. The highest BCUT2D eigenvalue weighted by Crippen LogP contribution is 1.93. The Labute approximate surface area is 91.4 Å². The number of rotatable bonds is 9. The van der Waals surface area contributed by atoms with Gasteiger partial charge in [-0.1, -0.05) is 6.92 Å². The molecule has 0 aliphatic carbocycles. The molecule has 0 aliphatic heterocycles. The number of aliphatic hydroxyl groups excluding tert-OH is 1. The third-order valence-corrected chi connectivity index (χ3v) is 2.05. The SMILES string of the molecule is CCNCCC(=O)N(CCO)CCOC. The van der Waals surface area contributed by atoms with Crippen molar-refractivity contribution in [2.75, 3.05) is 46.5 Å². The molecular formula is C10H22N2O3. The van der Waals surface area contributed by atoms with Crippen molar-refractivity contribution >= 4 is 5.91 Å². The normalized spacial score (nSPS) is 10.3. The first-order chi connectivity index (χ1) is 7.26. The summed E-state index contributed by atoms with van der Waals surface area (Å²) in [7, 11) is 1.60. The van der Waals surface area contributed by atoms with Crippen LogP contribution in [0.2, 0.25) is 0 Å². The summed E-state index contributed by atoms with van der Waals surface area (Å²) in [6.45, 7) is 4.98. The number of hydrogen-bond donors (Lipinski definition) is 2. The Kier molecular flexibility index (Phi) is 9.46. The molecule has 0 saturated heterocycles. The van der Waals surface area contributed by atoms with Crippen molar-refractivity contribution in [1.82, 2.24) is 10.2 Å². The summed E-state index contributed by atoms with van der Waals surface area (Å²) in [6, 6.07) is 0. The molecule has 90 valence electrons. The van der Waals surface area contributed by atoms with E-state index in [1.807, 2.05) is 6.92 Å². The maximum absolute atomic E-state index is 11.6. The molecule has 5 heteroatoms. The number of hydrogen-bond acceptors (Lipinski definition) is 4. The topological polar surface area (TPSA) is 61.8 Å². The Bertz CT molecular complexity index is 165. The van der Waals surface area contributed by atoms with E-state index in [4.69, 9.17) is 9.84 Å². The molecule has 15 heavy (non-hydrogen) atoms. The third-order valence-electron chi connectivity index (χ3n) is 2.05. The lowest BCUT2D eigenvalue weighted by atomic mass is 10.3. The number of nitrogens with one attached hydrogen (secondary N) is 1. The van der Waals surface area contributed by atoms with E-state index in [2.05, 4.69) is 5.32 Å². The number of nitrogens with zero attached hydrogens (tertiary/aromatic N) is 1. The summed E-state index contributed by atoms with van der Waals surface area (Å²) in [5, 5.41) is 11.9. The van der Waals surface area contributed by atoms with E-state index in [1.165, 1.54) is 0 Å². The molecule has 0 radical (unpaired) electrons. The molecule has 0 aromatic carbocycles. The molecule has 0 saturated carbocycles. The molecule has 0 aromatic rings. The lowest BCUT2D eigenvalue weighted by molar-refractivity contribution is -0.132. The van der Waals surface area contributed by atoms with Gasteiger partial charge in [0.25, 0.3) is 0 Å². The van der Waals surface area contributed by atoms with Gasteiger partial charge in [-0.2, -0.15) is 0 Å². The smallest absolute Gasteiger partial charge is 0.224 e. The van der Waals surface area contributed by atoms with Gasteiger partial charge in [0.2, 0.25) is 5.91 Å². The van der Waals surface area contributed by atoms with E-state index in [-0.39, 0.29) is 12.5 Å². The molecule has 0 fully saturated rings. The van der Waals surface area contributed by atoms with E-state index < -0.39 is 0 Å². The number of ether oxygens (including phenoxy) is 1. The summed E-state index contributed by atoms with van der Waals surface area (Å²) in [4.78, 5) is 13.3. The minimum atomic E-state index is -0.00331. The predicted molar refractivity (Wildman–Crippen MR) is 58.7 cm³/mol. The van der Waals surface area contributed by atoms with Crippen LogP contribution in [0.3, 0.4) is 0 Å². The summed E-state index contributed by atoms with van der Waals surface area (Å²) >= 11 is 0. The van der Waals surface area contributed by atoms with Crippen LogP contribution in [0.5, 0.6) is 0 Å². The number of aliphatic hydroxyl groups is 1. The molecule has 0 aromatic heterocycles. The highest BCUT2D eigenvalue weighted by molar-refractivity contribution is 5.76. The number of amides is 1. The predicted octanol–water partition coefficient (Wildman–Crippen LogP) is -0.547. The van der Waals surface area contributed by atoms with Crippen LogP contribution in [0, 0.1) is 0 Å². The first-order valence-corrected chi connectivity index (χ1v) is 5.34. The van der Waals surface area contributed by atoms with E-state index in [0.717, 1.165) is 6.54 Å². The van der Waals surface area contributed by atoms with Crippen LogP contribution in [-0.2, 0) is 9.53 Å². The van der Waals surface area contributed by atoms with E-state index in [0.29, 0.717) is 32.7 Å². The van der Waals surface area contributed by atoms with Gasteiger partial charge < -0.3 is 20.1 Å². The fourth-order valence-corrected chi connectivity index (χ4v) is 1.21. The molecule has 0 rings (SSSR count). The van der Waals surface area contributed by atoms with Crippen LogP contribution in [0.4, 0.5) is 0 Å². The Hall–Kier alpha value is -0.650. The average Bonchev–Trinajstić information content (AvgIpc) is 2.24. The van der Waals surface area contributed by atoms with E-state index in [1.54, 1.807) is 12.0 Å². The third kappa shape index (κ3) is 7.30. The molecule has 0 bridgehead atoms. The minimum Gasteiger partial charge on any atom is -0.395 e. The van der Waals surface area contributed by atoms with Gasteiger partial charge in [0.1, 0.15) is 0 Å². The number of methoxy groups -OCH3 is 1. The molecule has 2 N–H and O–H groups in total. The molecule has 0 atom stereocenters. The lowest BCUT2D eigenvalue weighted by Crippen LogP contribution is -2.37. The van der Waals surface area contributed by atoms with Gasteiger partial charge in [0.05, 0.1) is 13.2 Å². The second kappa shape index (κ2) is 9.89. The Morgan fingerprint density at radius 2 is 2.20 bits per heavy atom. The molecule has 0 heterocycles. The molecule has 0 spiro atoms. The molecule has 1 amide bonds. The van der Waals surface area contributed by atoms with Crippen LogP contribution >= 0.6 is 0 Å². The van der Waals surface area contributed by atoms with Crippen molar-refractivity contribution in [2.45, 2.75) is 13.3 Å². The monoisotopic (exact) mass is 218 g/mol. The zero-order valence-electron chi connectivity index (χ0n) is 9.66. The Morgan fingerprint density at radius 3 is 2.73 bits per heavy atom. The second-order valence-corrected chi connectivity index (χ2v) is 3.20. The second-order valence-electron chi connectivity index (χ2n) is 3.20. The largest absolute Gasteiger partial charge is 0.395 e. The van der Waals surface area contributed by atoms with Crippen LogP contribution in [-0.4, -0.2) is 62.4 Å². The summed E-state index contributed by atoms with van der Waals surface area (Å²) in [5.74, 6) is 0.0575. The fraction of sp³-hybridized carbons (Fsp3) is 0.900. The van der Waals surface area contributed by atoms with Crippen LogP contribution < -0.4 is 5.32 Å². The molecule has 5 nitrogen and oxygen atoms in total. The van der Waals surface area contributed by atoms with Crippen LogP contribution in [0.1, 0.15) is 13.3 Å². The average molecular weight is 218 g/mol. The van der Waals surface area contributed by atoms with Gasteiger partial charge in [-0.05, 0) is 6.54 Å². The quantitative estimate of drug-likeness (QED) is 0.510. The van der Waals surface area contributed by atoms with E-state index in [9.17, 15) is 4.79 Å². The Morgan fingerprint density at radius 1 is 1.47 bits per heavy atom. The van der Waals surface area contributed by atoms with Crippen LogP contribution in [0.15, 0.2) is 0 Å². The van der Waals surface area contributed by atoms with E-state index >= 15 is 0 Å². The van der Waals surface area contributed by atoms with Crippen molar-refractivity contribution in [1.29, 1.82) is 0 Å². The fourth-order valence-electron chi connectivity index (χ4n) is 1.21. The van der Waals surface area contributed by atoms with Gasteiger partial charge in [-0.15, -0.1) is 0 Å². The van der Waals surface area contributed by atoms with Gasteiger partial charge in [-0.25, -0.2) is 0 Å². The summed E-state index contributed by atoms with van der Waals surface area (Å²) in [5.41, 5.74) is 0. The van der Waals surface area contributed by atoms with Crippen molar-refractivity contribution in [3.63, 3.8) is 0 Å². The maximum Gasteiger partial charge on any atom is 0.224 e. The van der Waals surface area contributed by atoms with Gasteiger partial charge >= 0.3 is 0 Å². The lowest BCUT2D eigenvalue weighted by Gasteiger charge is -2.21. The molecular weight excluding hydrogens is 196 g/mol. The maximum atomic E-state index is 11.6. The zero-order chi connectivity index (χ0) is 11.5. The first kappa shape index (κ1) is 14.3. The Balaban J connectivity index is 3.81. The standard InChI is InChI=1S/C10H22N2O3/c1-3-11-5-4-10(14)12(6-8-13)7-9-15-2/h11,13H,3-9H2,1-2H3. The first-order valence-electron chi connectivity index (χ1n) is 5.34. The van der Waals surface area contributed by atoms with Crippen molar-refractivity contribution < 1.29 is 14.6 Å². The highest BCUT2D eigenvalue weighted by atomic mass is 16.5. The zero-order valence-corrected chi connectivity index (χ0v) is 9.66. The van der Waals surface area contributed by atoms with Gasteiger partial charge in [0, 0.05) is 33.2 Å². The van der Waals surface area contributed by atoms with Crippen molar-refractivity contribution in [3.05, 3.63) is 0 Å². The van der Waals surface area contributed by atoms with Crippen molar-refractivity contribution in [3.8, 4) is 0 Å². The van der Waals surface area contributed by atoms with Crippen LogP contribution in [0.25, 0.3) is 0 Å². The summed E-state index contributed by atoms with van der Waals surface area (Å²) in [6.07, 6.45) is 0.470. The minimum absolute atomic E-state index is 0.00331. The molecule has 0 unspecified atom stereocenters.